The molecule has 3 rings (SSSR count). The van der Waals surface area contributed by atoms with Crippen molar-refractivity contribution in [2.24, 2.45) is 7.05 Å². The number of aromatic nitrogens is 2. The fourth-order valence-corrected chi connectivity index (χ4v) is 3.33. The highest BCUT2D eigenvalue weighted by Crippen LogP contribution is 2.40. The minimum Gasteiger partial charge on any atom is -0.494 e. The highest BCUT2D eigenvalue weighted by Gasteiger charge is 2.18. The van der Waals surface area contributed by atoms with Gasteiger partial charge >= 0.3 is 0 Å². The summed E-state index contributed by atoms with van der Waals surface area (Å²) in [6, 6.07) is 8.19. The van der Waals surface area contributed by atoms with E-state index in [4.69, 9.17) is 32.7 Å². The molecule has 138 valence electrons. The number of nitrogens with zero attached hydrogens (tertiary/aromatic N) is 2. The van der Waals surface area contributed by atoms with E-state index in [2.05, 4.69) is 4.98 Å². The van der Waals surface area contributed by atoms with E-state index in [9.17, 15) is 4.39 Å². The van der Waals surface area contributed by atoms with Gasteiger partial charge in [-0.15, -0.1) is 12.4 Å². The molecule has 2 aromatic carbocycles. The summed E-state index contributed by atoms with van der Waals surface area (Å²) in [6.45, 7) is 0. The van der Waals surface area contributed by atoms with Crippen LogP contribution in [0.2, 0.25) is 10.0 Å². The maximum Gasteiger partial charge on any atom is 0.165 e. The van der Waals surface area contributed by atoms with Crippen LogP contribution in [0.3, 0.4) is 0 Å². The molecule has 0 spiro atoms. The van der Waals surface area contributed by atoms with E-state index in [1.807, 2.05) is 11.6 Å². The summed E-state index contributed by atoms with van der Waals surface area (Å²) in [6.07, 6.45) is 1.65. The summed E-state index contributed by atoms with van der Waals surface area (Å²) in [5.41, 5.74) is 2.75. The standard InChI is InChI=1S/C18H15Cl2FN2O2.ClH/c1-23-9-22-16(10-4-5-15(24-2)14(21)8-10)17(23)11-6-12(19)18(25-3)13(20)7-11;/h4-9H,1-3H3;1H. The largest absolute Gasteiger partial charge is 0.494 e. The van der Waals surface area contributed by atoms with Gasteiger partial charge in [0.1, 0.15) is 0 Å². The van der Waals surface area contributed by atoms with Gasteiger partial charge in [0, 0.05) is 18.2 Å². The number of halogens is 4. The van der Waals surface area contributed by atoms with Crippen molar-refractivity contribution in [1.29, 1.82) is 0 Å². The van der Waals surface area contributed by atoms with E-state index in [1.165, 1.54) is 20.3 Å². The van der Waals surface area contributed by atoms with Crippen molar-refractivity contribution >= 4 is 35.6 Å². The van der Waals surface area contributed by atoms with Gasteiger partial charge in [-0.2, -0.15) is 0 Å². The normalized spacial score (nSPS) is 10.4. The molecule has 0 amide bonds. The minimum absolute atomic E-state index is 0. The molecule has 4 nitrogen and oxygen atoms in total. The molecule has 1 heterocycles. The van der Waals surface area contributed by atoms with Gasteiger partial charge in [0.05, 0.1) is 42.0 Å². The number of hydrogen-bond acceptors (Lipinski definition) is 3. The van der Waals surface area contributed by atoms with Crippen molar-refractivity contribution < 1.29 is 13.9 Å². The molecule has 0 fully saturated rings. The Morgan fingerprint density at radius 2 is 1.65 bits per heavy atom. The van der Waals surface area contributed by atoms with E-state index >= 15 is 0 Å². The first kappa shape index (κ1) is 20.4. The van der Waals surface area contributed by atoms with Gasteiger partial charge in [-0.1, -0.05) is 23.2 Å². The van der Waals surface area contributed by atoms with E-state index < -0.39 is 5.82 Å². The molecule has 0 radical (unpaired) electrons. The third-order valence-corrected chi connectivity index (χ3v) is 4.40. The third-order valence-electron chi connectivity index (χ3n) is 3.84. The van der Waals surface area contributed by atoms with E-state index in [0.717, 1.165) is 11.3 Å². The van der Waals surface area contributed by atoms with Crippen molar-refractivity contribution in [3.05, 3.63) is 52.5 Å². The Morgan fingerprint density at radius 3 is 2.19 bits per heavy atom. The van der Waals surface area contributed by atoms with Crippen LogP contribution in [0.5, 0.6) is 11.5 Å². The molecule has 3 aromatic rings. The van der Waals surface area contributed by atoms with Crippen LogP contribution >= 0.6 is 35.6 Å². The molecule has 0 saturated carbocycles. The minimum atomic E-state index is -0.456. The number of imidazole rings is 1. The Balaban J connectivity index is 0.00000243. The van der Waals surface area contributed by atoms with Crippen LogP contribution in [-0.4, -0.2) is 23.8 Å². The quantitative estimate of drug-likeness (QED) is 0.551. The second-order valence-corrected chi connectivity index (χ2v) is 6.19. The third kappa shape index (κ3) is 3.61. The van der Waals surface area contributed by atoms with Crippen LogP contribution in [-0.2, 0) is 7.05 Å². The Hall–Kier alpha value is -1.95. The second kappa shape index (κ2) is 8.16. The van der Waals surface area contributed by atoms with Crippen molar-refractivity contribution in [3.63, 3.8) is 0 Å². The molecular formula is C18H16Cl3FN2O2. The first-order valence-corrected chi connectivity index (χ1v) is 8.10. The first-order valence-electron chi connectivity index (χ1n) is 7.35. The van der Waals surface area contributed by atoms with Gasteiger partial charge in [0.15, 0.2) is 17.3 Å². The summed E-state index contributed by atoms with van der Waals surface area (Å²) < 4.78 is 26.1. The Morgan fingerprint density at radius 1 is 1.00 bits per heavy atom. The highest BCUT2D eigenvalue weighted by atomic mass is 35.5. The van der Waals surface area contributed by atoms with E-state index in [-0.39, 0.29) is 18.2 Å². The zero-order valence-corrected chi connectivity index (χ0v) is 16.5. The van der Waals surface area contributed by atoms with Gasteiger partial charge in [-0.3, -0.25) is 0 Å². The SMILES string of the molecule is COc1ccc(-c2ncn(C)c2-c2cc(Cl)c(OC)c(Cl)c2)cc1F.Cl. The molecule has 0 aliphatic carbocycles. The number of ether oxygens (including phenoxy) is 2. The van der Waals surface area contributed by atoms with Gasteiger partial charge in [0.2, 0.25) is 0 Å². The summed E-state index contributed by atoms with van der Waals surface area (Å²) in [5.74, 6) is 0.130. The van der Waals surface area contributed by atoms with Crippen LogP contribution < -0.4 is 9.47 Å². The molecule has 0 atom stereocenters. The smallest absolute Gasteiger partial charge is 0.165 e. The highest BCUT2D eigenvalue weighted by molar-refractivity contribution is 6.37. The maximum absolute atomic E-state index is 14.1. The lowest BCUT2D eigenvalue weighted by Gasteiger charge is -2.11. The van der Waals surface area contributed by atoms with Crippen LogP contribution in [0.1, 0.15) is 0 Å². The fraction of sp³-hybridized carbons (Fsp3) is 0.167. The monoisotopic (exact) mass is 416 g/mol. The van der Waals surface area contributed by atoms with Crippen molar-refractivity contribution in [1.82, 2.24) is 9.55 Å². The number of methoxy groups -OCH3 is 2. The van der Waals surface area contributed by atoms with Crippen molar-refractivity contribution in [2.45, 2.75) is 0 Å². The molecule has 0 bridgehead atoms. The van der Waals surface area contributed by atoms with Crippen LogP contribution in [0, 0.1) is 5.82 Å². The van der Waals surface area contributed by atoms with Gasteiger partial charge < -0.3 is 14.0 Å². The number of hydrogen-bond donors (Lipinski definition) is 0. The fourth-order valence-electron chi connectivity index (χ4n) is 2.69. The zero-order valence-electron chi connectivity index (χ0n) is 14.2. The molecular weight excluding hydrogens is 402 g/mol. The zero-order chi connectivity index (χ0) is 18.1. The van der Waals surface area contributed by atoms with E-state index in [0.29, 0.717) is 27.1 Å². The molecule has 0 N–H and O–H groups in total. The Labute approximate surface area is 166 Å². The predicted molar refractivity (Wildman–Crippen MR) is 104 cm³/mol. The maximum atomic E-state index is 14.1. The second-order valence-electron chi connectivity index (χ2n) is 5.38. The van der Waals surface area contributed by atoms with Crippen molar-refractivity contribution in [3.8, 4) is 34.0 Å². The average molecular weight is 418 g/mol. The topological polar surface area (TPSA) is 36.3 Å². The van der Waals surface area contributed by atoms with Gasteiger partial charge in [0.25, 0.3) is 0 Å². The Kier molecular flexibility index (Phi) is 6.39. The summed E-state index contributed by atoms with van der Waals surface area (Å²) in [4.78, 5) is 4.40. The summed E-state index contributed by atoms with van der Waals surface area (Å²) >= 11 is 12.5. The van der Waals surface area contributed by atoms with Crippen LogP contribution in [0.15, 0.2) is 36.7 Å². The Bertz CT molecular complexity index is 921. The number of rotatable bonds is 4. The first-order chi connectivity index (χ1) is 12.0. The molecule has 0 aliphatic rings. The van der Waals surface area contributed by atoms with Crippen LogP contribution in [0.4, 0.5) is 4.39 Å². The molecule has 0 saturated heterocycles. The van der Waals surface area contributed by atoms with Gasteiger partial charge in [-0.05, 0) is 30.3 Å². The molecule has 26 heavy (non-hydrogen) atoms. The van der Waals surface area contributed by atoms with E-state index in [1.54, 1.807) is 30.6 Å². The summed E-state index contributed by atoms with van der Waals surface area (Å²) in [5, 5.41) is 0.774. The average Bonchev–Trinajstić information content (AvgIpc) is 2.96. The molecule has 0 unspecified atom stereocenters. The molecule has 8 heteroatoms. The lowest BCUT2D eigenvalue weighted by Crippen LogP contribution is -1.94. The predicted octanol–water partition coefficient (Wildman–Crippen LogP) is 5.64. The van der Waals surface area contributed by atoms with Crippen molar-refractivity contribution in [2.75, 3.05) is 14.2 Å². The lowest BCUT2D eigenvalue weighted by atomic mass is 10.0. The molecule has 1 aromatic heterocycles. The number of aryl methyl sites for hydroxylation is 1. The van der Waals surface area contributed by atoms with Gasteiger partial charge in [-0.25, -0.2) is 9.37 Å². The molecule has 0 aliphatic heterocycles. The number of benzene rings is 2. The lowest BCUT2D eigenvalue weighted by molar-refractivity contribution is 0.386. The van der Waals surface area contributed by atoms with Crippen LogP contribution in [0.25, 0.3) is 22.5 Å². The summed E-state index contributed by atoms with van der Waals surface area (Å²) in [7, 11) is 4.77.